The van der Waals surface area contributed by atoms with Gasteiger partial charge in [-0.2, -0.15) is 0 Å². The molecule has 0 saturated heterocycles. The molecule has 1 unspecified atom stereocenters. The molecule has 0 saturated carbocycles. The summed E-state index contributed by atoms with van der Waals surface area (Å²) >= 11 is 0. The first-order chi connectivity index (χ1) is 6.74. The van der Waals surface area contributed by atoms with E-state index in [0.717, 1.165) is 24.1 Å². The zero-order valence-corrected chi connectivity index (χ0v) is 8.64. The molecule has 0 aliphatic heterocycles. The van der Waals surface area contributed by atoms with Gasteiger partial charge < -0.3 is 15.8 Å². The molecular weight excluding hydrogens is 176 g/mol. The number of aliphatic hydroxyl groups excluding tert-OH is 1. The number of aromatic nitrogens is 1. The molecule has 78 valence electrons. The van der Waals surface area contributed by atoms with E-state index in [-0.39, 0.29) is 0 Å². The Morgan fingerprint density at radius 3 is 2.86 bits per heavy atom. The molecule has 0 amide bonds. The Balaban J connectivity index is 2.42. The minimum Gasteiger partial charge on any atom is -0.387 e. The molecule has 0 radical (unpaired) electrons. The van der Waals surface area contributed by atoms with Crippen LogP contribution in [0.2, 0.25) is 0 Å². The van der Waals surface area contributed by atoms with E-state index in [2.05, 4.69) is 4.98 Å². The highest BCUT2D eigenvalue weighted by Crippen LogP contribution is 2.30. The summed E-state index contributed by atoms with van der Waals surface area (Å²) in [6, 6.07) is 0. The van der Waals surface area contributed by atoms with E-state index < -0.39 is 6.10 Å². The van der Waals surface area contributed by atoms with E-state index in [4.69, 9.17) is 5.73 Å². The van der Waals surface area contributed by atoms with Crippen molar-refractivity contribution in [2.45, 2.75) is 38.7 Å². The van der Waals surface area contributed by atoms with Gasteiger partial charge >= 0.3 is 0 Å². The highest BCUT2D eigenvalue weighted by atomic mass is 16.3. The number of hydrogen-bond acceptors (Lipinski definition) is 2. The Morgan fingerprint density at radius 2 is 2.14 bits per heavy atom. The molecule has 1 aliphatic carbocycles. The lowest BCUT2D eigenvalue weighted by molar-refractivity contribution is 0.185. The average Bonchev–Trinajstić information content (AvgIpc) is 2.53. The summed E-state index contributed by atoms with van der Waals surface area (Å²) in [6.07, 6.45) is 4.20. The van der Waals surface area contributed by atoms with Crippen molar-refractivity contribution in [1.82, 2.24) is 4.98 Å². The summed E-state index contributed by atoms with van der Waals surface area (Å²) in [5.41, 5.74) is 10.3. The Labute approximate surface area is 84.3 Å². The molecule has 1 atom stereocenters. The van der Waals surface area contributed by atoms with Gasteiger partial charge in [-0.3, -0.25) is 0 Å². The van der Waals surface area contributed by atoms with Gasteiger partial charge in [-0.05, 0) is 38.2 Å². The maximum atomic E-state index is 9.81. The zero-order chi connectivity index (χ0) is 10.1. The van der Waals surface area contributed by atoms with Crippen LogP contribution in [0.1, 0.15) is 41.5 Å². The predicted molar refractivity (Wildman–Crippen MR) is 56.2 cm³/mol. The summed E-state index contributed by atoms with van der Waals surface area (Å²) in [5.74, 6) is 0. The number of fused-ring (bicyclic) bond motifs is 1. The number of nitrogens with two attached hydrogens (primary N) is 1. The first-order valence-corrected chi connectivity index (χ1v) is 5.32. The van der Waals surface area contributed by atoms with E-state index in [9.17, 15) is 5.11 Å². The van der Waals surface area contributed by atoms with Crippen LogP contribution in [0.4, 0.5) is 0 Å². The molecule has 1 heterocycles. The second-order valence-electron chi connectivity index (χ2n) is 4.08. The van der Waals surface area contributed by atoms with Gasteiger partial charge in [-0.1, -0.05) is 0 Å². The van der Waals surface area contributed by atoms with Gasteiger partial charge in [0, 0.05) is 23.5 Å². The minimum absolute atomic E-state index is 0.311. The molecule has 3 nitrogen and oxygen atoms in total. The Hall–Kier alpha value is -0.800. The average molecular weight is 194 g/mol. The number of aryl methyl sites for hydroxylation is 2. The second kappa shape index (κ2) is 3.75. The smallest absolute Gasteiger partial charge is 0.0932 e. The van der Waals surface area contributed by atoms with Crippen LogP contribution < -0.4 is 5.73 Å². The van der Waals surface area contributed by atoms with E-state index in [1.807, 2.05) is 6.92 Å². The molecular formula is C11H18N2O. The summed E-state index contributed by atoms with van der Waals surface area (Å²) in [5, 5.41) is 9.81. The highest BCUT2D eigenvalue weighted by molar-refractivity contribution is 5.39. The van der Waals surface area contributed by atoms with Crippen molar-refractivity contribution < 1.29 is 5.11 Å². The zero-order valence-electron chi connectivity index (χ0n) is 8.64. The number of aromatic amines is 1. The van der Waals surface area contributed by atoms with Crippen molar-refractivity contribution >= 4 is 0 Å². The van der Waals surface area contributed by atoms with Gasteiger partial charge in [-0.25, -0.2) is 0 Å². The Bertz CT molecular complexity index is 330. The van der Waals surface area contributed by atoms with Gasteiger partial charge in [0.15, 0.2) is 0 Å². The fraction of sp³-hybridized carbons (Fsp3) is 0.636. The fourth-order valence-electron chi connectivity index (χ4n) is 2.43. The lowest BCUT2D eigenvalue weighted by atomic mass is 9.92. The van der Waals surface area contributed by atoms with Gasteiger partial charge in [0.2, 0.25) is 0 Å². The largest absolute Gasteiger partial charge is 0.387 e. The number of rotatable bonds is 2. The fourth-order valence-corrected chi connectivity index (χ4v) is 2.43. The number of nitrogens with one attached hydrogen (secondary N) is 1. The van der Waals surface area contributed by atoms with Crippen molar-refractivity contribution in [2.75, 3.05) is 6.54 Å². The molecule has 4 N–H and O–H groups in total. The number of aliphatic hydroxyl groups is 1. The van der Waals surface area contributed by atoms with Crippen LogP contribution in [-0.2, 0) is 12.8 Å². The maximum Gasteiger partial charge on any atom is 0.0932 e. The van der Waals surface area contributed by atoms with Crippen LogP contribution in [0.3, 0.4) is 0 Å². The third-order valence-corrected chi connectivity index (χ3v) is 3.09. The minimum atomic E-state index is -0.493. The van der Waals surface area contributed by atoms with E-state index in [0.29, 0.717) is 6.54 Å². The highest BCUT2D eigenvalue weighted by Gasteiger charge is 2.21. The molecule has 1 aromatic heterocycles. The maximum absolute atomic E-state index is 9.81. The van der Waals surface area contributed by atoms with Crippen LogP contribution in [0.5, 0.6) is 0 Å². The molecule has 2 rings (SSSR count). The summed E-state index contributed by atoms with van der Waals surface area (Å²) in [4.78, 5) is 3.36. The van der Waals surface area contributed by atoms with Gasteiger partial charge in [0.1, 0.15) is 0 Å². The van der Waals surface area contributed by atoms with E-state index in [1.54, 1.807) is 0 Å². The first-order valence-electron chi connectivity index (χ1n) is 5.32. The number of hydrogen-bond donors (Lipinski definition) is 3. The van der Waals surface area contributed by atoms with Crippen molar-refractivity contribution in [2.24, 2.45) is 5.73 Å². The topological polar surface area (TPSA) is 62.0 Å². The van der Waals surface area contributed by atoms with Gasteiger partial charge in [0.25, 0.3) is 0 Å². The molecule has 1 aromatic rings. The van der Waals surface area contributed by atoms with Crippen molar-refractivity contribution in [1.29, 1.82) is 0 Å². The van der Waals surface area contributed by atoms with Crippen LogP contribution in [-0.4, -0.2) is 16.6 Å². The number of H-pyrrole nitrogens is 1. The van der Waals surface area contributed by atoms with E-state index >= 15 is 0 Å². The standard InChI is InChI=1S/C11H18N2O/c1-7-11(10(14)6-12)8-4-2-3-5-9(8)13-7/h10,13-14H,2-6,12H2,1H3. The third-order valence-electron chi connectivity index (χ3n) is 3.09. The Kier molecular flexibility index (Phi) is 2.61. The van der Waals surface area contributed by atoms with Crippen LogP contribution in [0.25, 0.3) is 0 Å². The molecule has 0 fully saturated rings. The van der Waals surface area contributed by atoms with Crippen molar-refractivity contribution in [3.8, 4) is 0 Å². The van der Waals surface area contributed by atoms with Crippen LogP contribution >= 0.6 is 0 Å². The molecule has 0 bridgehead atoms. The second-order valence-corrected chi connectivity index (χ2v) is 4.08. The quantitative estimate of drug-likeness (QED) is 0.662. The monoisotopic (exact) mass is 194 g/mol. The van der Waals surface area contributed by atoms with Gasteiger partial charge in [0.05, 0.1) is 6.10 Å². The summed E-state index contributed by atoms with van der Waals surface area (Å²) in [6.45, 7) is 2.33. The third kappa shape index (κ3) is 1.47. The van der Waals surface area contributed by atoms with Crippen LogP contribution in [0.15, 0.2) is 0 Å². The molecule has 1 aliphatic rings. The van der Waals surface area contributed by atoms with Crippen molar-refractivity contribution in [3.63, 3.8) is 0 Å². The summed E-state index contributed by atoms with van der Waals surface area (Å²) < 4.78 is 0. The first kappa shape index (κ1) is 9.74. The lowest BCUT2D eigenvalue weighted by Gasteiger charge is -2.15. The predicted octanol–water partition coefficient (Wildman–Crippen LogP) is 1.19. The van der Waals surface area contributed by atoms with Gasteiger partial charge in [-0.15, -0.1) is 0 Å². The van der Waals surface area contributed by atoms with Crippen LogP contribution in [0, 0.1) is 6.92 Å². The normalized spacial score (nSPS) is 17.9. The molecule has 14 heavy (non-hydrogen) atoms. The molecule has 0 spiro atoms. The molecule has 3 heteroatoms. The summed E-state index contributed by atoms with van der Waals surface area (Å²) in [7, 11) is 0. The van der Waals surface area contributed by atoms with Crippen molar-refractivity contribution in [3.05, 3.63) is 22.5 Å². The lowest BCUT2D eigenvalue weighted by Crippen LogP contribution is -2.14. The van der Waals surface area contributed by atoms with E-state index in [1.165, 1.54) is 24.1 Å². The molecule has 0 aromatic carbocycles. The SMILES string of the molecule is Cc1[nH]c2c(c1C(O)CN)CCCC2. The Morgan fingerprint density at radius 1 is 1.43 bits per heavy atom.